The van der Waals surface area contributed by atoms with Crippen LogP contribution < -0.4 is 0 Å². The Morgan fingerprint density at radius 2 is 1.38 bits per heavy atom. The zero-order valence-electron chi connectivity index (χ0n) is 15.2. The lowest BCUT2D eigenvalue weighted by Gasteiger charge is -2.03. The van der Waals surface area contributed by atoms with Crippen LogP contribution in [-0.4, -0.2) is 11.1 Å². The fourth-order valence-corrected chi connectivity index (χ4v) is 2.18. The first-order chi connectivity index (χ1) is 11.7. The minimum atomic E-state index is -0.791. The number of rotatable bonds is 15. The minimum Gasteiger partial charge on any atom is -0.481 e. The highest BCUT2D eigenvalue weighted by Gasteiger charge is 2.10. The number of hydrogen-bond donors (Lipinski definition) is 1. The molecule has 2 heteroatoms. The molecular formula is C22H34O2. The Hall–Kier alpha value is -1.83. The largest absolute Gasteiger partial charge is 0.481 e. The van der Waals surface area contributed by atoms with Crippen molar-refractivity contribution < 1.29 is 9.90 Å². The second kappa shape index (κ2) is 17.5. The van der Waals surface area contributed by atoms with E-state index in [0.29, 0.717) is 6.42 Å². The van der Waals surface area contributed by atoms with Crippen LogP contribution in [0.25, 0.3) is 0 Å². The summed E-state index contributed by atoms with van der Waals surface area (Å²) in [7, 11) is 0. The Morgan fingerprint density at radius 1 is 0.875 bits per heavy atom. The lowest BCUT2D eigenvalue weighted by molar-refractivity contribution is -0.140. The van der Waals surface area contributed by atoms with Gasteiger partial charge in [-0.3, -0.25) is 4.79 Å². The number of allylic oxidation sites excluding steroid dienone is 8. The summed E-state index contributed by atoms with van der Waals surface area (Å²) in [5, 5.41) is 8.88. The average molecular weight is 331 g/mol. The van der Waals surface area contributed by atoms with Gasteiger partial charge in [0.1, 0.15) is 0 Å². The lowest BCUT2D eigenvalue weighted by Crippen LogP contribution is -2.09. The molecule has 0 saturated heterocycles. The quantitative estimate of drug-likeness (QED) is 0.270. The van der Waals surface area contributed by atoms with Crippen LogP contribution in [0, 0.1) is 5.92 Å². The van der Waals surface area contributed by atoms with Crippen molar-refractivity contribution >= 4 is 5.97 Å². The maximum Gasteiger partial charge on any atom is 0.310 e. The van der Waals surface area contributed by atoms with Crippen LogP contribution >= 0.6 is 0 Å². The molecule has 0 aromatic carbocycles. The van der Waals surface area contributed by atoms with Gasteiger partial charge in [-0.1, -0.05) is 74.4 Å². The van der Waals surface area contributed by atoms with Gasteiger partial charge in [0.2, 0.25) is 0 Å². The fourth-order valence-electron chi connectivity index (χ4n) is 2.18. The van der Waals surface area contributed by atoms with Crippen LogP contribution in [-0.2, 0) is 4.79 Å². The number of carboxylic acids is 1. The highest BCUT2D eigenvalue weighted by Crippen LogP contribution is 2.08. The molecule has 24 heavy (non-hydrogen) atoms. The standard InChI is InChI=1S/C22H34O2/c1-3-5-6-7-8-9-10-11-12-13-14-15-16-17-18-19-20-21(4-2)22(23)24/h4,8-9,11-12,14-15,17-18,21H,2-3,5-7,10,13,16,19-20H2,1H3,(H,23,24)/b9-8-,12-11-,15-14-,18-17-. The van der Waals surface area contributed by atoms with E-state index in [1.165, 1.54) is 31.8 Å². The van der Waals surface area contributed by atoms with Gasteiger partial charge in [-0.25, -0.2) is 0 Å². The summed E-state index contributed by atoms with van der Waals surface area (Å²) in [5.74, 6) is -1.23. The van der Waals surface area contributed by atoms with Crippen LogP contribution in [0.3, 0.4) is 0 Å². The van der Waals surface area contributed by atoms with E-state index in [0.717, 1.165) is 25.7 Å². The van der Waals surface area contributed by atoms with Crippen molar-refractivity contribution in [3.8, 4) is 0 Å². The lowest BCUT2D eigenvalue weighted by atomic mass is 10.0. The second-order valence-electron chi connectivity index (χ2n) is 5.85. The molecule has 0 aliphatic heterocycles. The molecule has 0 aromatic rings. The number of unbranched alkanes of at least 4 members (excludes halogenated alkanes) is 3. The van der Waals surface area contributed by atoms with E-state index in [1.807, 2.05) is 6.08 Å². The molecule has 0 aromatic heterocycles. The van der Waals surface area contributed by atoms with Crippen molar-refractivity contribution in [1.29, 1.82) is 0 Å². The second-order valence-corrected chi connectivity index (χ2v) is 5.85. The van der Waals surface area contributed by atoms with Crippen LogP contribution in [0.15, 0.2) is 61.3 Å². The average Bonchev–Trinajstić information content (AvgIpc) is 2.57. The molecule has 134 valence electrons. The Morgan fingerprint density at radius 3 is 1.83 bits per heavy atom. The topological polar surface area (TPSA) is 37.3 Å². The van der Waals surface area contributed by atoms with Gasteiger partial charge >= 0.3 is 5.97 Å². The molecule has 0 spiro atoms. The molecule has 0 rings (SSSR count). The van der Waals surface area contributed by atoms with Gasteiger partial charge in [0, 0.05) is 0 Å². The predicted octanol–water partition coefficient (Wildman–Crippen LogP) is 6.63. The number of hydrogen-bond acceptors (Lipinski definition) is 1. The molecule has 0 bridgehead atoms. The van der Waals surface area contributed by atoms with Gasteiger partial charge in [0.25, 0.3) is 0 Å². The Bertz CT molecular complexity index is 427. The van der Waals surface area contributed by atoms with Gasteiger partial charge in [-0.2, -0.15) is 0 Å². The Labute approximate surface area is 148 Å². The van der Waals surface area contributed by atoms with E-state index in [-0.39, 0.29) is 0 Å². The summed E-state index contributed by atoms with van der Waals surface area (Å²) in [5.41, 5.74) is 0. The highest BCUT2D eigenvalue weighted by atomic mass is 16.4. The van der Waals surface area contributed by atoms with E-state index in [4.69, 9.17) is 5.11 Å². The van der Waals surface area contributed by atoms with Gasteiger partial charge in [-0.15, -0.1) is 6.58 Å². The van der Waals surface area contributed by atoms with E-state index in [9.17, 15) is 4.79 Å². The summed E-state index contributed by atoms with van der Waals surface area (Å²) in [4.78, 5) is 10.8. The zero-order valence-corrected chi connectivity index (χ0v) is 15.2. The van der Waals surface area contributed by atoms with E-state index < -0.39 is 11.9 Å². The molecule has 0 aliphatic rings. The molecule has 1 unspecified atom stereocenters. The van der Waals surface area contributed by atoms with Gasteiger partial charge in [0.05, 0.1) is 5.92 Å². The summed E-state index contributed by atoms with van der Waals surface area (Å²) in [6.45, 7) is 5.78. The van der Waals surface area contributed by atoms with Crippen molar-refractivity contribution in [2.24, 2.45) is 5.92 Å². The molecule has 0 radical (unpaired) electrons. The SMILES string of the molecule is C=CC(CC/C=C\C/C=C\C/C=C\C/C=C\CCCCC)C(=O)O. The van der Waals surface area contributed by atoms with Gasteiger partial charge in [-0.05, 0) is 44.9 Å². The third kappa shape index (κ3) is 15.1. The minimum absolute atomic E-state index is 0.434. The molecule has 2 nitrogen and oxygen atoms in total. The summed E-state index contributed by atoms with van der Waals surface area (Å²) in [6.07, 6.45) is 28.3. The first kappa shape index (κ1) is 22.2. The number of aliphatic carboxylic acids is 1. The molecule has 1 atom stereocenters. The first-order valence-corrected chi connectivity index (χ1v) is 9.17. The maximum absolute atomic E-state index is 10.8. The summed E-state index contributed by atoms with van der Waals surface area (Å²) >= 11 is 0. The number of carboxylic acid groups (broad SMARTS) is 1. The van der Waals surface area contributed by atoms with Gasteiger partial charge in [0.15, 0.2) is 0 Å². The van der Waals surface area contributed by atoms with E-state index in [2.05, 4.69) is 56.0 Å². The summed E-state index contributed by atoms with van der Waals surface area (Å²) < 4.78 is 0. The predicted molar refractivity (Wildman–Crippen MR) is 105 cm³/mol. The molecule has 0 aliphatic carbocycles. The van der Waals surface area contributed by atoms with Crippen LogP contribution in [0.5, 0.6) is 0 Å². The number of carbonyl (C=O) groups is 1. The monoisotopic (exact) mass is 330 g/mol. The molecule has 0 amide bonds. The molecule has 0 saturated carbocycles. The third-order valence-electron chi connectivity index (χ3n) is 3.70. The summed E-state index contributed by atoms with van der Waals surface area (Å²) in [6, 6.07) is 0. The van der Waals surface area contributed by atoms with Crippen LogP contribution in [0.1, 0.15) is 64.7 Å². The maximum atomic E-state index is 10.8. The molecule has 0 fully saturated rings. The van der Waals surface area contributed by atoms with Gasteiger partial charge < -0.3 is 5.11 Å². The van der Waals surface area contributed by atoms with Crippen molar-refractivity contribution in [1.82, 2.24) is 0 Å². The fraction of sp³-hybridized carbons (Fsp3) is 0.500. The normalized spacial score (nSPS) is 13.5. The van der Waals surface area contributed by atoms with Crippen molar-refractivity contribution in [2.45, 2.75) is 64.7 Å². The highest BCUT2D eigenvalue weighted by molar-refractivity contribution is 5.71. The van der Waals surface area contributed by atoms with E-state index >= 15 is 0 Å². The van der Waals surface area contributed by atoms with E-state index in [1.54, 1.807) is 0 Å². The van der Waals surface area contributed by atoms with Crippen molar-refractivity contribution in [2.75, 3.05) is 0 Å². The molecular weight excluding hydrogens is 296 g/mol. The van der Waals surface area contributed by atoms with Crippen LogP contribution in [0.4, 0.5) is 0 Å². The third-order valence-corrected chi connectivity index (χ3v) is 3.70. The first-order valence-electron chi connectivity index (χ1n) is 9.17. The molecule has 1 N–H and O–H groups in total. The van der Waals surface area contributed by atoms with Crippen molar-refractivity contribution in [3.05, 3.63) is 61.3 Å². The Balaban J connectivity index is 3.58. The smallest absolute Gasteiger partial charge is 0.310 e. The van der Waals surface area contributed by atoms with Crippen molar-refractivity contribution in [3.63, 3.8) is 0 Å². The zero-order chi connectivity index (χ0) is 17.9. The van der Waals surface area contributed by atoms with Crippen LogP contribution in [0.2, 0.25) is 0 Å². The molecule has 0 heterocycles. The Kier molecular flexibility index (Phi) is 16.2.